The third-order valence-electron chi connectivity index (χ3n) is 2.89. The van der Waals surface area contributed by atoms with Gasteiger partial charge in [-0.3, -0.25) is 0 Å². The van der Waals surface area contributed by atoms with Gasteiger partial charge in [0, 0.05) is 23.7 Å². The minimum absolute atomic E-state index is 0.102. The van der Waals surface area contributed by atoms with Gasteiger partial charge in [-0.05, 0) is 18.1 Å². The van der Waals surface area contributed by atoms with Crippen LogP contribution in [0.3, 0.4) is 0 Å². The second kappa shape index (κ2) is 5.81. The topological polar surface area (TPSA) is 26.0 Å². The molecule has 0 aromatic heterocycles. The van der Waals surface area contributed by atoms with Gasteiger partial charge < -0.3 is 5.73 Å². The molecule has 0 saturated heterocycles. The first-order valence-corrected chi connectivity index (χ1v) is 6.11. The summed E-state index contributed by atoms with van der Waals surface area (Å²) in [6, 6.07) is 4.19. The Kier molecular flexibility index (Phi) is 4.30. The summed E-state index contributed by atoms with van der Waals surface area (Å²) < 4.78 is 53.7. The number of halogens is 5. The van der Waals surface area contributed by atoms with Crippen molar-refractivity contribution in [2.45, 2.75) is 12.5 Å². The Hall–Kier alpha value is -1.59. The van der Waals surface area contributed by atoms with Gasteiger partial charge in [0.1, 0.15) is 23.3 Å². The summed E-state index contributed by atoms with van der Waals surface area (Å²) in [7, 11) is 0. The Labute approximate surface area is 118 Å². The molecule has 0 saturated carbocycles. The van der Waals surface area contributed by atoms with E-state index in [0.29, 0.717) is 12.1 Å². The van der Waals surface area contributed by atoms with Gasteiger partial charge in [0.15, 0.2) is 0 Å². The first kappa shape index (κ1) is 14.8. The Balaban J connectivity index is 2.33. The fourth-order valence-corrected chi connectivity index (χ4v) is 2.15. The van der Waals surface area contributed by atoms with Crippen LogP contribution in [0.2, 0.25) is 5.02 Å². The molecule has 0 aliphatic rings. The molecule has 0 aliphatic heterocycles. The Morgan fingerprint density at radius 3 is 2.25 bits per heavy atom. The number of nitrogens with two attached hydrogens (primary N) is 1. The average molecular weight is 304 g/mol. The smallest absolute Gasteiger partial charge is 0.145 e. The number of hydrogen-bond donors (Lipinski definition) is 1. The molecule has 0 spiro atoms. The van der Waals surface area contributed by atoms with Crippen LogP contribution in [0.4, 0.5) is 17.6 Å². The SMILES string of the molecule is NC(Cc1cccc(Cl)c1F)c1c(F)cc(F)cc1F. The van der Waals surface area contributed by atoms with Crippen LogP contribution in [0.1, 0.15) is 17.2 Å². The molecular formula is C14H10ClF4N. The monoisotopic (exact) mass is 303 g/mol. The van der Waals surface area contributed by atoms with Gasteiger partial charge in [-0.2, -0.15) is 0 Å². The lowest BCUT2D eigenvalue weighted by atomic mass is 9.98. The molecule has 0 aliphatic carbocycles. The fourth-order valence-electron chi connectivity index (χ4n) is 1.95. The second-order valence-electron chi connectivity index (χ2n) is 4.31. The molecule has 106 valence electrons. The van der Waals surface area contributed by atoms with Crippen molar-refractivity contribution in [1.29, 1.82) is 0 Å². The maximum Gasteiger partial charge on any atom is 0.145 e. The van der Waals surface area contributed by atoms with Gasteiger partial charge >= 0.3 is 0 Å². The fraction of sp³-hybridized carbons (Fsp3) is 0.143. The van der Waals surface area contributed by atoms with Crippen molar-refractivity contribution in [2.75, 3.05) is 0 Å². The minimum Gasteiger partial charge on any atom is -0.323 e. The van der Waals surface area contributed by atoms with E-state index in [2.05, 4.69) is 0 Å². The van der Waals surface area contributed by atoms with E-state index in [1.165, 1.54) is 18.2 Å². The maximum absolute atomic E-state index is 13.7. The third-order valence-corrected chi connectivity index (χ3v) is 3.18. The van der Waals surface area contributed by atoms with Crippen molar-refractivity contribution >= 4 is 11.6 Å². The summed E-state index contributed by atoms with van der Waals surface area (Å²) in [5, 5.41) is -0.102. The van der Waals surface area contributed by atoms with Crippen molar-refractivity contribution < 1.29 is 17.6 Å². The van der Waals surface area contributed by atoms with Gasteiger partial charge in [0.2, 0.25) is 0 Å². The number of benzene rings is 2. The molecule has 1 atom stereocenters. The van der Waals surface area contributed by atoms with E-state index in [-0.39, 0.29) is 17.0 Å². The molecule has 6 heteroatoms. The molecule has 0 fully saturated rings. The molecule has 1 unspecified atom stereocenters. The van der Waals surface area contributed by atoms with E-state index in [1.54, 1.807) is 0 Å². The lowest BCUT2D eigenvalue weighted by molar-refractivity contribution is 0.498. The average Bonchev–Trinajstić information content (AvgIpc) is 2.33. The quantitative estimate of drug-likeness (QED) is 0.847. The van der Waals surface area contributed by atoms with E-state index >= 15 is 0 Å². The molecule has 1 nitrogen and oxygen atoms in total. The van der Waals surface area contributed by atoms with Crippen LogP contribution < -0.4 is 5.73 Å². The molecule has 20 heavy (non-hydrogen) atoms. The molecular weight excluding hydrogens is 294 g/mol. The molecule has 0 radical (unpaired) electrons. The van der Waals surface area contributed by atoms with Gasteiger partial charge in [-0.25, -0.2) is 17.6 Å². The van der Waals surface area contributed by atoms with E-state index in [9.17, 15) is 17.6 Å². The molecule has 2 N–H and O–H groups in total. The Bertz CT molecular complexity index is 622. The van der Waals surface area contributed by atoms with E-state index in [0.717, 1.165) is 0 Å². The molecule has 0 bridgehead atoms. The molecule has 2 rings (SSSR count). The van der Waals surface area contributed by atoms with Gasteiger partial charge in [-0.1, -0.05) is 23.7 Å². The van der Waals surface area contributed by atoms with Crippen molar-refractivity contribution in [1.82, 2.24) is 0 Å². The zero-order valence-corrected chi connectivity index (χ0v) is 10.9. The highest BCUT2D eigenvalue weighted by atomic mass is 35.5. The zero-order chi connectivity index (χ0) is 14.9. The number of rotatable bonds is 3. The highest BCUT2D eigenvalue weighted by Crippen LogP contribution is 2.26. The van der Waals surface area contributed by atoms with Gasteiger partial charge in [-0.15, -0.1) is 0 Å². The van der Waals surface area contributed by atoms with Crippen LogP contribution in [-0.4, -0.2) is 0 Å². The van der Waals surface area contributed by atoms with Crippen LogP contribution in [-0.2, 0) is 6.42 Å². The summed E-state index contributed by atoms with van der Waals surface area (Å²) in [5.41, 5.74) is 5.34. The Morgan fingerprint density at radius 1 is 1.05 bits per heavy atom. The summed E-state index contributed by atoms with van der Waals surface area (Å²) in [6.07, 6.45) is -0.161. The molecule has 2 aromatic carbocycles. The Morgan fingerprint density at radius 2 is 1.65 bits per heavy atom. The lowest BCUT2D eigenvalue weighted by Gasteiger charge is -2.15. The maximum atomic E-state index is 13.7. The summed E-state index contributed by atoms with van der Waals surface area (Å²) >= 11 is 5.61. The van der Waals surface area contributed by atoms with Crippen molar-refractivity contribution in [3.05, 3.63) is 69.8 Å². The molecule has 0 heterocycles. The largest absolute Gasteiger partial charge is 0.323 e. The summed E-state index contributed by atoms with van der Waals surface area (Å²) in [6.45, 7) is 0. The van der Waals surface area contributed by atoms with Gasteiger partial charge in [0.25, 0.3) is 0 Å². The predicted molar refractivity (Wildman–Crippen MR) is 68.4 cm³/mol. The van der Waals surface area contributed by atoms with Crippen LogP contribution in [0.15, 0.2) is 30.3 Å². The summed E-state index contributed by atoms with van der Waals surface area (Å²) in [5.74, 6) is -3.92. The molecule has 2 aromatic rings. The lowest BCUT2D eigenvalue weighted by Crippen LogP contribution is -2.18. The first-order valence-electron chi connectivity index (χ1n) is 5.73. The van der Waals surface area contributed by atoms with E-state index in [4.69, 9.17) is 17.3 Å². The highest BCUT2D eigenvalue weighted by molar-refractivity contribution is 6.30. The first-order chi connectivity index (χ1) is 9.40. The van der Waals surface area contributed by atoms with Crippen LogP contribution in [0.25, 0.3) is 0 Å². The van der Waals surface area contributed by atoms with Crippen molar-refractivity contribution in [3.63, 3.8) is 0 Å². The highest BCUT2D eigenvalue weighted by Gasteiger charge is 2.20. The standard InChI is InChI=1S/C14H10ClF4N/c15-9-3-1-2-7(14(9)19)4-12(20)13-10(17)5-8(16)6-11(13)18/h1-3,5-6,12H,4,20H2. The third kappa shape index (κ3) is 2.94. The van der Waals surface area contributed by atoms with Crippen LogP contribution >= 0.6 is 11.6 Å². The second-order valence-corrected chi connectivity index (χ2v) is 4.71. The predicted octanol–water partition coefficient (Wildman–Crippen LogP) is 4.14. The van der Waals surface area contributed by atoms with E-state index in [1.807, 2.05) is 0 Å². The van der Waals surface area contributed by atoms with E-state index < -0.39 is 34.9 Å². The summed E-state index contributed by atoms with van der Waals surface area (Å²) in [4.78, 5) is 0. The molecule has 0 amide bonds. The van der Waals surface area contributed by atoms with Crippen molar-refractivity contribution in [3.8, 4) is 0 Å². The zero-order valence-electron chi connectivity index (χ0n) is 10.1. The van der Waals surface area contributed by atoms with Crippen LogP contribution in [0, 0.1) is 23.3 Å². The number of hydrogen-bond acceptors (Lipinski definition) is 1. The van der Waals surface area contributed by atoms with Crippen LogP contribution in [0.5, 0.6) is 0 Å². The minimum atomic E-state index is -1.15. The normalized spacial score (nSPS) is 12.5. The van der Waals surface area contributed by atoms with Gasteiger partial charge in [0.05, 0.1) is 5.02 Å². The van der Waals surface area contributed by atoms with Crippen molar-refractivity contribution in [2.24, 2.45) is 5.73 Å².